The van der Waals surface area contributed by atoms with Crippen LogP contribution >= 0.6 is 0 Å². The van der Waals surface area contributed by atoms with Gasteiger partial charge in [-0.15, -0.1) is 0 Å². The molecule has 4 heteroatoms. The van der Waals surface area contributed by atoms with E-state index < -0.39 is 5.97 Å². The lowest BCUT2D eigenvalue weighted by atomic mass is 10.0. The van der Waals surface area contributed by atoms with Crippen molar-refractivity contribution >= 4 is 11.8 Å². The molecule has 0 bridgehead atoms. The fourth-order valence-corrected chi connectivity index (χ4v) is 3.53. The molecular weight excluding hydrogens is 376 g/mol. The minimum atomic E-state index is -0.703. The molecular formula is C26H40O4. The van der Waals surface area contributed by atoms with Gasteiger partial charge >= 0.3 is 5.97 Å². The summed E-state index contributed by atoms with van der Waals surface area (Å²) in [6.45, 7) is 0. The van der Waals surface area contributed by atoms with Gasteiger partial charge in [0.1, 0.15) is 5.78 Å². The molecule has 0 spiro atoms. The van der Waals surface area contributed by atoms with Gasteiger partial charge in [0, 0.05) is 19.3 Å². The number of Topliss-reactive ketones (excluding diaryl/α,β-unsaturated/α-hetero) is 1. The lowest BCUT2D eigenvalue weighted by Crippen LogP contribution is -2.04. The summed E-state index contributed by atoms with van der Waals surface area (Å²) in [4.78, 5) is 22.4. The first-order chi connectivity index (χ1) is 14.6. The second kappa shape index (κ2) is 17.9. The topological polar surface area (TPSA) is 74.6 Å². The van der Waals surface area contributed by atoms with E-state index in [0.29, 0.717) is 25.0 Å². The van der Waals surface area contributed by atoms with Gasteiger partial charge in [0.05, 0.1) is 6.10 Å². The van der Waals surface area contributed by atoms with Crippen molar-refractivity contribution in [1.29, 1.82) is 0 Å². The van der Waals surface area contributed by atoms with Gasteiger partial charge in [-0.05, 0) is 44.1 Å². The number of aliphatic hydroxyl groups is 1. The van der Waals surface area contributed by atoms with E-state index in [2.05, 4.69) is 12.2 Å². The molecule has 2 N–H and O–H groups in total. The zero-order chi connectivity index (χ0) is 21.9. The van der Waals surface area contributed by atoms with Crippen molar-refractivity contribution in [3.8, 4) is 0 Å². The summed E-state index contributed by atoms with van der Waals surface area (Å²) in [5.74, 6) is -0.392. The van der Waals surface area contributed by atoms with E-state index in [1.807, 2.05) is 30.3 Å². The van der Waals surface area contributed by atoms with Crippen LogP contribution in [0.15, 0.2) is 42.5 Å². The van der Waals surface area contributed by atoms with E-state index in [1.54, 1.807) is 0 Å². The Hall–Kier alpha value is -1.94. The Morgan fingerprint density at radius 3 is 2.17 bits per heavy atom. The summed E-state index contributed by atoms with van der Waals surface area (Å²) < 4.78 is 0. The first-order valence-electron chi connectivity index (χ1n) is 11.7. The SMILES string of the molecule is O=C(O)CCCCCCC/C=C\C[C@H](O)CCCCCCC(=O)Cc1ccccc1. The van der Waals surface area contributed by atoms with Crippen LogP contribution in [-0.2, 0) is 16.0 Å². The quantitative estimate of drug-likeness (QED) is 0.206. The molecule has 0 saturated carbocycles. The highest BCUT2D eigenvalue weighted by atomic mass is 16.4. The molecule has 0 amide bonds. The van der Waals surface area contributed by atoms with Gasteiger partial charge in [-0.2, -0.15) is 0 Å². The van der Waals surface area contributed by atoms with Crippen LogP contribution in [0.3, 0.4) is 0 Å². The molecule has 0 saturated heterocycles. The highest BCUT2D eigenvalue weighted by molar-refractivity contribution is 5.80. The molecule has 1 aromatic carbocycles. The molecule has 1 rings (SSSR count). The first-order valence-corrected chi connectivity index (χ1v) is 11.7. The largest absolute Gasteiger partial charge is 0.481 e. The third-order valence-corrected chi connectivity index (χ3v) is 5.32. The Labute approximate surface area is 182 Å². The maximum Gasteiger partial charge on any atom is 0.303 e. The number of hydrogen-bond donors (Lipinski definition) is 2. The van der Waals surface area contributed by atoms with E-state index in [9.17, 15) is 14.7 Å². The maximum absolute atomic E-state index is 12.0. The molecule has 168 valence electrons. The van der Waals surface area contributed by atoms with Crippen LogP contribution in [0.5, 0.6) is 0 Å². The number of unbranched alkanes of at least 4 members (excludes halogenated alkanes) is 8. The number of benzene rings is 1. The third kappa shape index (κ3) is 15.9. The molecule has 1 aromatic rings. The Morgan fingerprint density at radius 2 is 1.43 bits per heavy atom. The number of carboxylic acids is 1. The van der Waals surface area contributed by atoms with E-state index in [4.69, 9.17) is 5.11 Å². The Bertz CT molecular complexity index is 594. The fraction of sp³-hybridized carbons (Fsp3) is 0.615. The molecule has 0 aromatic heterocycles. The van der Waals surface area contributed by atoms with E-state index >= 15 is 0 Å². The van der Waals surface area contributed by atoms with Crippen LogP contribution < -0.4 is 0 Å². The number of rotatable bonds is 19. The van der Waals surface area contributed by atoms with Gasteiger partial charge in [0.25, 0.3) is 0 Å². The lowest BCUT2D eigenvalue weighted by molar-refractivity contribution is -0.137. The highest BCUT2D eigenvalue weighted by Gasteiger charge is 2.04. The minimum Gasteiger partial charge on any atom is -0.481 e. The number of ketones is 1. The van der Waals surface area contributed by atoms with Crippen molar-refractivity contribution in [2.75, 3.05) is 0 Å². The van der Waals surface area contributed by atoms with Crippen molar-refractivity contribution < 1.29 is 19.8 Å². The van der Waals surface area contributed by atoms with Gasteiger partial charge in [0.2, 0.25) is 0 Å². The molecule has 0 aliphatic heterocycles. The summed E-state index contributed by atoms with van der Waals surface area (Å²) in [7, 11) is 0. The van der Waals surface area contributed by atoms with Gasteiger partial charge in [-0.1, -0.05) is 81.0 Å². The van der Waals surface area contributed by atoms with Crippen LogP contribution in [0.1, 0.15) is 95.5 Å². The Morgan fingerprint density at radius 1 is 0.800 bits per heavy atom. The molecule has 0 aliphatic carbocycles. The predicted molar refractivity (Wildman–Crippen MR) is 123 cm³/mol. The monoisotopic (exact) mass is 416 g/mol. The highest BCUT2D eigenvalue weighted by Crippen LogP contribution is 2.12. The van der Waals surface area contributed by atoms with Crippen LogP contribution in [0.4, 0.5) is 0 Å². The molecule has 30 heavy (non-hydrogen) atoms. The fourth-order valence-electron chi connectivity index (χ4n) is 3.53. The Kier molecular flexibility index (Phi) is 15.6. The van der Waals surface area contributed by atoms with E-state index in [-0.39, 0.29) is 12.5 Å². The van der Waals surface area contributed by atoms with Crippen LogP contribution in [0, 0.1) is 0 Å². The molecule has 4 nitrogen and oxygen atoms in total. The third-order valence-electron chi connectivity index (χ3n) is 5.32. The lowest BCUT2D eigenvalue weighted by Gasteiger charge is -2.07. The number of carboxylic acid groups (broad SMARTS) is 1. The Balaban J connectivity index is 1.88. The maximum atomic E-state index is 12.0. The molecule has 0 fully saturated rings. The van der Waals surface area contributed by atoms with E-state index in [1.165, 1.54) is 0 Å². The predicted octanol–water partition coefficient (Wildman–Crippen LogP) is 6.26. The molecule has 0 unspecified atom stereocenters. The molecule has 0 aliphatic rings. The second-order valence-electron chi connectivity index (χ2n) is 8.22. The number of allylic oxidation sites excluding steroid dienone is 1. The summed E-state index contributed by atoms with van der Waals surface area (Å²) in [6.07, 6.45) is 17.2. The van der Waals surface area contributed by atoms with Gasteiger partial charge in [-0.3, -0.25) is 9.59 Å². The average Bonchev–Trinajstić information content (AvgIpc) is 2.72. The van der Waals surface area contributed by atoms with Crippen LogP contribution in [0.2, 0.25) is 0 Å². The second-order valence-corrected chi connectivity index (χ2v) is 8.22. The van der Waals surface area contributed by atoms with Crippen molar-refractivity contribution in [2.24, 2.45) is 0 Å². The van der Waals surface area contributed by atoms with Gasteiger partial charge < -0.3 is 10.2 Å². The summed E-state index contributed by atoms with van der Waals surface area (Å²) in [6, 6.07) is 9.90. The van der Waals surface area contributed by atoms with Crippen LogP contribution in [0.25, 0.3) is 0 Å². The zero-order valence-electron chi connectivity index (χ0n) is 18.4. The van der Waals surface area contributed by atoms with Gasteiger partial charge in [0.15, 0.2) is 0 Å². The zero-order valence-corrected chi connectivity index (χ0v) is 18.4. The number of hydrogen-bond acceptors (Lipinski definition) is 3. The van der Waals surface area contributed by atoms with Crippen molar-refractivity contribution in [2.45, 2.75) is 102 Å². The van der Waals surface area contributed by atoms with E-state index in [0.717, 1.165) is 76.2 Å². The summed E-state index contributed by atoms with van der Waals surface area (Å²) in [5, 5.41) is 18.6. The normalized spacial score (nSPS) is 12.3. The smallest absolute Gasteiger partial charge is 0.303 e. The van der Waals surface area contributed by atoms with Gasteiger partial charge in [-0.25, -0.2) is 0 Å². The van der Waals surface area contributed by atoms with Crippen molar-refractivity contribution in [3.63, 3.8) is 0 Å². The van der Waals surface area contributed by atoms with Crippen molar-refractivity contribution in [1.82, 2.24) is 0 Å². The number of aliphatic hydroxyl groups excluding tert-OH is 1. The molecule has 0 radical (unpaired) electrons. The number of aliphatic carboxylic acids is 1. The standard InChI is InChI=1S/C26H40O4/c27-24(18-12-5-3-1-2-4-6-15-21-26(29)30)19-13-7-8-14-20-25(28)22-23-16-10-9-11-17-23/h5,9-12,16-17,24,27H,1-4,6-8,13-15,18-22H2,(H,29,30)/b12-5-/t24-/m0/s1. The number of carbonyl (C=O) groups excluding carboxylic acids is 1. The summed E-state index contributed by atoms with van der Waals surface area (Å²) >= 11 is 0. The molecule has 0 heterocycles. The average molecular weight is 417 g/mol. The van der Waals surface area contributed by atoms with Crippen LogP contribution in [-0.4, -0.2) is 28.1 Å². The van der Waals surface area contributed by atoms with Crippen molar-refractivity contribution in [3.05, 3.63) is 48.0 Å². The minimum absolute atomic E-state index is 0.267. The molecule has 1 atom stereocenters. The first kappa shape index (κ1) is 26.1. The summed E-state index contributed by atoms with van der Waals surface area (Å²) in [5.41, 5.74) is 1.09. The number of carbonyl (C=O) groups is 2.